The number of hydrogen-bond donors (Lipinski definition) is 3. The number of hydrogen-bond acceptors (Lipinski definition) is 6. The van der Waals surface area contributed by atoms with E-state index in [4.69, 9.17) is 21.4 Å². The van der Waals surface area contributed by atoms with Gasteiger partial charge in [-0.05, 0) is 35.7 Å². The lowest BCUT2D eigenvalue weighted by molar-refractivity contribution is 0.0945. The van der Waals surface area contributed by atoms with E-state index in [0.717, 1.165) is 15.6 Å². The monoisotopic (exact) mass is 481 g/mol. The lowest BCUT2D eigenvalue weighted by Gasteiger charge is -2.09. The van der Waals surface area contributed by atoms with Crippen LogP contribution in [0, 0.1) is 0 Å². The number of benzene rings is 2. The number of anilines is 1. The Kier molecular flexibility index (Phi) is 7.19. The molecule has 0 fully saturated rings. The average molecular weight is 482 g/mol. The van der Waals surface area contributed by atoms with Crippen LogP contribution >= 0.6 is 22.9 Å². The van der Waals surface area contributed by atoms with Gasteiger partial charge in [0.2, 0.25) is 0 Å². The number of fused-ring (bicyclic) bond motifs is 1. The summed E-state index contributed by atoms with van der Waals surface area (Å²) in [5.41, 5.74) is 2.41. The molecule has 0 aliphatic heterocycles. The van der Waals surface area contributed by atoms with Gasteiger partial charge >= 0.3 is 0 Å². The average Bonchev–Trinajstić information content (AvgIpc) is 3.24. The first-order valence-corrected chi connectivity index (χ1v) is 11.3. The molecule has 7 nitrogen and oxygen atoms in total. The molecule has 4 rings (SSSR count). The van der Waals surface area contributed by atoms with Crippen LogP contribution in [-0.2, 0) is 6.61 Å². The highest BCUT2D eigenvalue weighted by molar-refractivity contribution is 7.17. The van der Waals surface area contributed by atoms with Crippen LogP contribution in [0.5, 0.6) is 5.75 Å². The number of aliphatic hydroxyl groups is 1. The smallest absolute Gasteiger partial charge is 0.255 e. The summed E-state index contributed by atoms with van der Waals surface area (Å²) in [5, 5.41) is 17.7. The molecular weight excluding hydrogens is 462 g/mol. The van der Waals surface area contributed by atoms with E-state index in [1.807, 2.05) is 5.38 Å². The van der Waals surface area contributed by atoms with E-state index in [9.17, 15) is 9.59 Å². The van der Waals surface area contributed by atoms with Gasteiger partial charge in [0.15, 0.2) is 0 Å². The molecule has 2 aromatic heterocycles. The zero-order valence-corrected chi connectivity index (χ0v) is 18.9. The standard InChI is InChI=1S/C24H20ClN3O4S/c25-17-4-1-3-15(9-17)23(30)28-18-5-2-6-19(10-18)32-13-16-14-33-22-20(16)11-26-12-21(22)24(31)27-7-8-29/h1-6,9-12,14,29H,7-8,13H2,(H,27,31)(H,28,30). The lowest BCUT2D eigenvalue weighted by Crippen LogP contribution is -2.26. The van der Waals surface area contributed by atoms with Crippen LogP contribution in [0.1, 0.15) is 26.3 Å². The van der Waals surface area contributed by atoms with Gasteiger partial charge in [-0.2, -0.15) is 0 Å². The van der Waals surface area contributed by atoms with Crippen LogP contribution in [0.15, 0.2) is 66.3 Å². The van der Waals surface area contributed by atoms with Gasteiger partial charge < -0.3 is 20.5 Å². The van der Waals surface area contributed by atoms with Crippen LogP contribution in [0.4, 0.5) is 5.69 Å². The summed E-state index contributed by atoms with van der Waals surface area (Å²) in [6.07, 6.45) is 3.22. The van der Waals surface area contributed by atoms with Crippen LogP contribution in [0.3, 0.4) is 0 Å². The molecule has 0 bridgehead atoms. The maximum Gasteiger partial charge on any atom is 0.255 e. The Hall–Kier alpha value is -3.46. The zero-order chi connectivity index (χ0) is 23.2. The summed E-state index contributed by atoms with van der Waals surface area (Å²) >= 11 is 7.40. The largest absolute Gasteiger partial charge is 0.489 e. The Labute approximate surface area is 199 Å². The number of aliphatic hydroxyl groups excluding tert-OH is 1. The van der Waals surface area contributed by atoms with Crippen molar-refractivity contribution in [2.75, 3.05) is 18.5 Å². The van der Waals surface area contributed by atoms with Gasteiger partial charge in [0, 0.05) is 52.2 Å². The van der Waals surface area contributed by atoms with Crippen molar-refractivity contribution in [2.45, 2.75) is 6.61 Å². The second kappa shape index (κ2) is 10.4. The molecule has 0 saturated carbocycles. The number of pyridine rings is 1. The summed E-state index contributed by atoms with van der Waals surface area (Å²) < 4.78 is 6.75. The number of rotatable bonds is 8. The van der Waals surface area contributed by atoms with Crippen molar-refractivity contribution in [3.8, 4) is 5.75 Å². The number of aromatic nitrogens is 1. The Morgan fingerprint density at radius 3 is 2.76 bits per heavy atom. The molecule has 2 amide bonds. The van der Waals surface area contributed by atoms with E-state index in [-0.39, 0.29) is 31.6 Å². The molecule has 2 aromatic carbocycles. The minimum absolute atomic E-state index is 0.128. The molecule has 168 valence electrons. The lowest BCUT2D eigenvalue weighted by atomic mass is 10.1. The number of carbonyl (C=O) groups is 2. The molecular formula is C24H20ClN3O4S. The highest BCUT2D eigenvalue weighted by Crippen LogP contribution is 2.29. The van der Waals surface area contributed by atoms with Crippen LogP contribution in [-0.4, -0.2) is 35.1 Å². The number of ether oxygens (including phenoxy) is 1. The van der Waals surface area contributed by atoms with Gasteiger partial charge in [-0.3, -0.25) is 14.6 Å². The van der Waals surface area contributed by atoms with Crippen molar-refractivity contribution in [3.05, 3.63) is 88.0 Å². The SMILES string of the molecule is O=C(Nc1cccc(OCc2csc3c(C(=O)NCCO)cncc23)c1)c1cccc(Cl)c1. The fraction of sp³-hybridized carbons (Fsp3) is 0.125. The summed E-state index contributed by atoms with van der Waals surface area (Å²) in [6.45, 7) is 0.327. The van der Waals surface area contributed by atoms with E-state index < -0.39 is 0 Å². The van der Waals surface area contributed by atoms with Gasteiger partial charge in [0.25, 0.3) is 11.8 Å². The second-order valence-electron chi connectivity index (χ2n) is 7.09. The van der Waals surface area contributed by atoms with E-state index in [1.165, 1.54) is 17.5 Å². The van der Waals surface area contributed by atoms with Gasteiger partial charge in [-0.25, -0.2) is 0 Å². The van der Waals surface area contributed by atoms with E-state index >= 15 is 0 Å². The van der Waals surface area contributed by atoms with Gasteiger partial charge in [0.05, 0.1) is 16.9 Å². The molecule has 0 unspecified atom stereocenters. The normalized spacial score (nSPS) is 10.7. The molecule has 0 atom stereocenters. The summed E-state index contributed by atoms with van der Waals surface area (Å²) in [5.74, 6) is 0.0409. The molecule has 0 aliphatic rings. The third-order valence-corrected chi connectivity index (χ3v) is 6.09. The highest BCUT2D eigenvalue weighted by atomic mass is 35.5. The number of nitrogens with one attached hydrogen (secondary N) is 2. The number of halogens is 1. The molecule has 33 heavy (non-hydrogen) atoms. The molecule has 2 heterocycles. The first-order chi connectivity index (χ1) is 16.0. The summed E-state index contributed by atoms with van der Waals surface area (Å²) in [4.78, 5) is 29.0. The van der Waals surface area contributed by atoms with Crippen molar-refractivity contribution in [3.63, 3.8) is 0 Å². The Balaban J connectivity index is 1.45. The first-order valence-electron chi connectivity index (χ1n) is 10.1. The molecule has 3 N–H and O–H groups in total. The van der Waals surface area contributed by atoms with E-state index in [2.05, 4.69) is 15.6 Å². The molecule has 0 spiro atoms. The molecule has 0 saturated heterocycles. The highest BCUT2D eigenvalue weighted by Gasteiger charge is 2.15. The fourth-order valence-corrected chi connectivity index (χ4v) is 4.42. The quantitative estimate of drug-likeness (QED) is 0.344. The molecule has 4 aromatic rings. The molecule has 0 radical (unpaired) electrons. The Morgan fingerprint density at radius 2 is 1.94 bits per heavy atom. The minimum atomic E-state index is -0.278. The third kappa shape index (κ3) is 5.48. The predicted octanol–water partition coefficient (Wildman–Crippen LogP) is 4.50. The van der Waals surface area contributed by atoms with Gasteiger partial charge in [0.1, 0.15) is 12.4 Å². The fourth-order valence-electron chi connectivity index (χ4n) is 3.19. The zero-order valence-electron chi connectivity index (χ0n) is 17.4. The maximum atomic E-state index is 12.5. The van der Waals surface area contributed by atoms with E-state index in [1.54, 1.807) is 54.7 Å². The first kappa shape index (κ1) is 22.7. The summed E-state index contributed by atoms with van der Waals surface area (Å²) in [6, 6.07) is 13.8. The van der Waals surface area contributed by atoms with Crippen molar-refractivity contribution < 1.29 is 19.4 Å². The third-order valence-electron chi connectivity index (χ3n) is 4.78. The Bertz CT molecular complexity index is 1310. The summed E-state index contributed by atoms with van der Waals surface area (Å²) in [7, 11) is 0. The van der Waals surface area contributed by atoms with E-state index in [0.29, 0.717) is 27.6 Å². The van der Waals surface area contributed by atoms with Crippen LogP contribution in [0.2, 0.25) is 5.02 Å². The topological polar surface area (TPSA) is 101 Å². The second-order valence-corrected chi connectivity index (χ2v) is 8.40. The predicted molar refractivity (Wildman–Crippen MR) is 129 cm³/mol. The van der Waals surface area contributed by atoms with Crippen LogP contribution in [0.25, 0.3) is 10.1 Å². The Morgan fingerprint density at radius 1 is 1.09 bits per heavy atom. The van der Waals surface area contributed by atoms with Crippen LogP contribution < -0.4 is 15.4 Å². The van der Waals surface area contributed by atoms with Crippen molar-refractivity contribution >= 4 is 50.5 Å². The number of thiophene rings is 1. The van der Waals surface area contributed by atoms with Crippen molar-refractivity contribution in [1.29, 1.82) is 0 Å². The molecule has 9 heteroatoms. The number of nitrogens with zero attached hydrogens (tertiary/aromatic N) is 1. The minimum Gasteiger partial charge on any atom is -0.489 e. The van der Waals surface area contributed by atoms with Crippen molar-refractivity contribution in [1.82, 2.24) is 10.3 Å². The van der Waals surface area contributed by atoms with Crippen molar-refractivity contribution in [2.24, 2.45) is 0 Å². The van der Waals surface area contributed by atoms with Gasteiger partial charge in [-0.1, -0.05) is 23.7 Å². The maximum absolute atomic E-state index is 12.5. The van der Waals surface area contributed by atoms with Gasteiger partial charge in [-0.15, -0.1) is 11.3 Å². The number of carbonyl (C=O) groups excluding carboxylic acids is 2. The molecule has 0 aliphatic carbocycles. The number of amides is 2.